The highest BCUT2D eigenvalue weighted by molar-refractivity contribution is 7.07. The van der Waals surface area contributed by atoms with Crippen molar-refractivity contribution < 1.29 is 4.74 Å². The summed E-state index contributed by atoms with van der Waals surface area (Å²) >= 11 is 1.68. The van der Waals surface area contributed by atoms with Crippen molar-refractivity contribution in [3.63, 3.8) is 0 Å². The lowest BCUT2D eigenvalue weighted by Crippen LogP contribution is -2.35. The molecule has 0 aliphatic carbocycles. The second kappa shape index (κ2) is 4.89. The van der Waals surface area contributed by atoms with Crippen molar-refractivity contribution in [1.82, 2.24) is 5.43 Å². The summed E-state index contributed by atoms with van der Waals surface area (Å²) in [5.41, 5.74) is 3.89. The van der Waals surface area contributed by atoms with Crippen LogP contribution in [0, 0.1) is 0 Å². The average Bonchev–Trinajstić information content (AvgIpc) is 2.67. The van der Waals surface area contributed by atoms with E-state index >= 15 is 0 Å². The van der Waals surface area contributed by atoms with Gasteiger partial charge in [0, 0.05) is 13.2 Å². The zero-order chi connectivity index (χ0) is 10.6. The number of methoxy groups -OCH3 is 1. The Hall–Kier alpha value is -0.420. The van der Waals surface area contributed by atoms with Gasteiger partial charge in [0.25, 0.3) is 0 Å². The van der Waals surface area contributed by atoms with E-state index in [0.717, 1.165) is 6.42 Å². The minimum absolute atomic E-state index is 0.154. The van der Waals surface area contributed by atoms with Gasteiger partial charge in [-0.1, -0.05) is 0 Å². The first kappa shape index (κ1) is 11.7. The fourth-order valence-corrected chi connectivity index (χ4v) is 2.04. The normalized spacial score (nSPS) is 14.3. The highest BCUT2D eigenvalue weighted by Gasteiger charge is 2.23. The van der Waals surface area contributed by atoms with Gasteiger partial charge in [0.15, 0.2) is 0 Å². The Bertz CT molecular complexity index is 259. The molecule has 4 heteroatoms. The third kappa shape index (κ3) is 3.06. The van der Waals surface area contributed by atoms with E-state index in [4.69, 9.17) is 10.6 Å². The fourth-order valence-electron chi connectivity index (χ4n) is 1.32. The quantitative estimate of drug-likeness (QED) is 0.582. The maximum absolute atomic E-state index is 5.52. The van der Waals surface area contributed by atoms with Crippen LogP contribution in [-0.2, 0) is 4.74 Å². The van der Waals surface area contributed by atoms with Crippen molar-refractivity contribution >= 4 is 11.3 Å². The van der Waals surface area contributed by atoms with Crippen molar-refractivity contribution in [2.24, 2.45) is 5.84 Å². The maximum atomic E-state index is 5.52. The van der Waals surface area contributed by atoms with Crippen LogP contribution in [0.2, 0.25) is 0 Å². The van der Waals surface area contributed by atoms with Gasteiger partial charge in [-0.3, -0.25) is 11.3 Å². The Morgan fingerprint density at radius 3 is 2.79 bits per heavy atom. The minimum atomic E-state index is -0.154. The first-order valence-corrected chi connectivity index (χ1v) is 5.57. The molecular formula is C10H18N2OS. The molecule has 0 radical (unpaired) electrons. The molecule has 0 aliphatic heterocycles. The number of rotatable bonds is 5. The number of hydrazine groups is 1. The molecule has 0 amide bonds. The molecule has 3 N–H and O–H groups in total. The number of thiophene rings is 1. The second-order valence-electron chi connectivity index (χ2n) is 3.94. The van der Waals surface area contributed by atoms with E-state index in [0.29, 0.717) is 0 Å². The molecule has 0 aromatic carbocycles. The van der Waals surface area contributed by atoms with Crippen molar-refractivity contribution in [1.29, 1.82) is 0 Å². The van der Waals surface area contributed by atoms with Crippen LogP contribution in [0.15, 0.2) is 16.8 Å². The van der Waals surface area contributed by atoms with Gasteiger partial charge in [-0.05, 0) is 42.7 Å². The number of hydrogen-bond donors (Lipinski definition) is 2. The van der Waals surface area contributed by atoms with Crippen LogP contribution in [-0.4, -0.2) is 12.7 Å². The molecule has 1 aromatic rings. The molecule has 1 atom stereocenters. The molecule has 1 unspecified atom stereocenters. The van der Waals surface area contributed by atoms with Crippen LogP contribution in [0.5, 0.6) is 0 Å². The molecule has 14 heavy (non-hydrogen) atoms. The van der Waals surface area contributed by atoms with Gasteiger partial charge >= 0.3 is 0 Å². The minimum Gasteiger partial charge on any atom is -0.379 e. The zero-order valence-electron chi connectivity index (χ0n) is 8.91. The van der Waals surface area contributed by atoms with Gasteiger partial charge in [-0.15, -0.1) is 0 Å². The van der Waals surface area contributed by atoms with Gasteiger partial charge in [-0.25, -0.2) is 0 Å². The Balaban J connectivity index is 2.65. The van der Waals surface area contributed by atoms with Gasteiger partial charge in [-0.2, -0.15) is 11.3 Å². The lowest BCUT2D eigenvalue weighted by atomic mass is 9.96. The van der Waals surface area contributed by atoms with Gasteiger partial charge < -0.3 is 4.74 Å². The van der Waals surface area contributed by atoms with E-state index in [9.17, 15) is 0 Å². The van der Waals surface area contributed by atoms with Crippen molar-refractivity contribution in [3.05, 3.63) is 22.4 Å². The van der Waals surface area contributed by atoms with Gasteiger partial charge in [0.2, 0.25) is 0 Å². The molecule has 1 heterocycles. The molecular weight excluding hydrogens is 196 g/mol. The van der Waals surface area contributed by atoms with Crippen LogP contribution in [0.3, 0.4) is 0 Å². The van der Waals surface area contributed by atoms with E-state index < -0.39 is 0 Å². The Kier molecular flexibility index (Phi) is 4.07. The van der Waals surface area contributed by atoms with Crippen molar-refractivity contribution in [2.45, 2.75) is 31.9 Å². The van der Waals surface area contributed by atoms with E-state index in [2.05, 4.69) is 36.1 Å². The number of ether oxygens (including phenoxy) is 1. The summed E-state index contributed by atoms with van der Waals surface area (Å²) in [7, 11) is 1.72. The Morgan fingerprint density at radius 2 is 2.36 bits per heavy atom. The summed E-state index contributed by atoms with van der Waals surface area (Å²) < 4.78 is 5.38. The van der Waals surface area contributed by atoms with E-state index in [1.165, 1.54) is 5.56 Å². The monoisotopic (exact) mass is 214 g/mol. The lowest BCUT2D eigenvalue weighted by molar-refractivity contribution is 0.00684. The average molecular weight is 214 g/mol. The van der Waals surface area contributed by atoms with Gasteiger partial charge in [0.1, 0.15) is 0 Å². The number of nitrogens with two attached hydrogens (primary N) is 1. The molecule has 3 nitrogen and oxygen atoms in total. The highest BCUT2D eigenvalue weighted by Crippen LogP contribution is 2.26. The van der Waals surface area contributed by atoms with E-state index in [1.807, 2.05) is 0 Å². The topological polar surface area (TPSA) is 47.3 Å². The molecule has 1 rings (SSSR count). The predicted octanol–water partition coefficient (Wildman–Crippen LogP) is 2.07. The molecule has 0 saturated carbocycles. The molecule has 0 bridgehead atoms. The summed E-state index contributed by atoms with van der Waals surface area (Å²) in [5.74, 6) is 5.52. The molecule has 80 valence electrons. The van der Waals surface area contributed by atoms with Crippen molar-refractivity contribution in [3.8, 4) is 0 Å². The first-order chi connectivity index (χ1) is 6.59. The third-order valence-corrected chi connectivity index (χ3v) is 3.10. The van der Waals surface area contributed by atoms with Crippen LogP contribution in [0.4, 0.5) is 0 Å². The molecule has 0 aliphatic rings. The maximum Gasteiger partial charge on any atom is 0.0641 e. The molecule has 0 fully saturated rings. The SMILES string of the molecule is COC(C)(C)CC(NN)c1ccsc1. The molecule has 1 aromatic heterocycles. The predicted molar refractivity (Wildman–Crippen MR) is 60.1 cm³/mol. The van der Waals surface area contributed by atoms with Crippen LogP contribution in [0.25, 0.3) is 0 Å². The standard InChI is InChI=1S/C10H18N2OS/c1-10(2,13-3)6-9(12-11)8-4-5-14-7-8/h4-5,7,9,12H,6,11H2,1-3H3. The summed E-state index contributed by atoms with van der Waals surface area (Å²) in [5, 5.41) is 4.16. The molecule has 0 spiro atoms. The Morgan fingerprint density at radius 1 is 1.64 bits per heavy atom. The second-order valence-corrected chi connectivity index (χ2v) is 4.72. The summed E-state index contributed by atoms with van der Waals surface area (Å²) in [6.07, 6.45) is 0.858. The van der Waals surface area contributed by atoms with E-state index in [1.54, 1.807) is 18.4 Å². The largest absolute Gasteiger partial charge is 0.379 e. The smallest absolute Gasteiger partial charge is 0.0641 e. The van der Waals surface area contributed by atoms with Gasteiger partial charge in [0.05, 0.1) is 5.60 Å². The van der Waals surface area contributed by atoms with E-state index in [-0.39, 0.29) is 11.6 Å². The van der Waals surface area contributed by atoms with Crippen molar-refractivity contribution in [2.75, 3.05) is 7.11 Å². The number of hydrogen-bond acceptors (Lipinski definition) is 4. The third-order valence-electron chi connectivity index (χ3n) is 2.40. The highest BCUT2D eigenvalue weighted by atomic mass is 32.1. The molecule has 0 saturated heterocycles. The van der Waals surface area contributed by atoms with Crippen LogP contribution in [0.1, 0.15) is 31.9 Å². The lowest BCUT2D eigenvalue weighted by Gasteiger charge is -2.27. The first-order valence-electron chi connectivity index (χ1n) is 4.62. The van der Waals surface area contributed by atoms with Crippen LogP contribution >= 0.6 is 11.3 Å². The van der Waals surface area contributed by atoms with Crippen LogP contribution < -0.4 is 11.3 Å². The summed E-state index contributed by atoms with van der Waals surface area (Å²) in [6, 6.07) is 2.25. The fraction of sp³-hybridized carbons (Fsp3) is 0.600. The number of nitrogens with one attached hydrogen (secondary N) is 1. The summed E-state index contributed by atoms with van der Waals surface area (Å²) in [6.45, 7) is 4.12. The zero-order valence-corrected chi connectivity index (χ0v) is 9.73. The Labute approximate surface area is 89.2 Å². The summed E-state index contributed by atoms with van der Waals surface area (Å²) in [4.78, 5) is 0.